The van der Waals surface area contributed by atoms with Crippen molar-refractivity contribution < 1.29 is 37.6 Å². The summed E-state index contributed by atoms with van der Waals surface area (Å²) in [6.07, 6.45) is 15.9. The summed E-state index contributed by atoms with van der Waals surface area (Å²) < 4.78 is 57.9. The van der Waals surface area contributed by atoms with Crippen LogP contribution in [0, 0.1) is 23.2 Å². The minimum atomic E-state index is -2.81. The van der Waals surface area contributed by atoms with Crippen LogP contribution in [0.4, 0.5) is 0 Å². The number of unbranched alkanes of at least 4 members (excludes halogenated alkanes) is 3. The van der Waals surface area contributed by atoms with Gasteiger partial charge in [0.25, 0.3) is 0 Å². The van der Waals surface area contributed by atoms with E-state index in [-0.39, 0.29) is 17.7 Å². The Morgan fingerprint density at radius 1 is 0.774 bits per heavy atom. The van der Waals surface area contributed by atoms with E-state index in [0.29, 0.717) is 51.5 Å². The molecule has 2 aliphatic carbocycles. The number of allylic oxidation sites excluding steroid dienone is 1. The molecule has 8 nitrogen and oxygen atoms in total. The Kier molecular flexibility index (Phi) is 18.9. The molecule has 0 radical (unpaired) electrons. The molecule has 1 spiro atoms. The summed E-state index contributed by atoms with van der Waals surface area (Å²) in [5, 5.41) is 2.45. The summed E-state index contributed by atoms with van der Waals surface area (Å²) in [6.45, 7) is 18.0. The van der Waals surface area contributed by atoms with E-state index in [1.54, 1.807) is 7.11 Å². The third-order valence-corrected chi connectivity index (χ3v) is 34.3. The molecule has 5 bridgehead atoms. The van der Waals surface area contributed by atoms with Gasteiger partial charge in [0.05, 0.1) is 13.2 Å². The summed E-state index contributed by atoms with van der Waals surface area (Å²) in [6, 6.07) is 22.0. The average Bonchev–Trinajstić information content (AvgIpc) is 3.48. The van der Waals surface area contributed by atoms with Gasteiger partial charge in [-0.1, -0.05) is 36.4 Å². The molecule has 2 aromatic carbocycles. The first kappa shape index (κ1) is 50.0. The number of methoxy groups -OCH3 is 2. The van der Waals surface area contributed by atoms with Gasteiger partial charge in [0, 0.05) is 7.11 Å². The van der Waals surface area contributed by atoms with Crippen LogP contribution in [-0.2, 0) is 37.6 Å². The second kappa shape index (κ2) is 23.4. The van der Waals surface area contributed by atoms with Gasteiger partial charge in [-0.2, -0.15) is 0 Å². The zero-order valence-corrected chi connectivity index (χ0v) is 43.7. The zero-order valence-electron chi connectivity index (χ0n) is 39.9. The second-order valence-corrected chi connectivity index (χ2v) is 37.8. The summed E-state index contributed by atoms with van der Waals surface area (Å²) in [4.78, 5) is 0. The number of hydrogen-bond acceptors (Lipinski definition) is 8. The molecule has 0 aromatic heterocycles. The average molecular weight is 982 g/mol. The van der Waals surface area contributed by atoms with Crippen LogP contribution >= 0.6 is 0 Å². The molecular formula is C52H82O8SiSn. The summed E-state index contributed by atoms with van der Waals surface area (Å²) in [5.74, 6) is -0.140. The van der Waals surface area contributed by atoms with Crippen LogP contribution in [0.15, 0.2) is 84.0 Å². The minimum absolute atomic E-state index is 0.0611. The van der Waals surface area contributed by atoms with Gasteiger partial charge in [-0.3, -0.25) is 0 Å². The molecule has 2 aromatic rings. The molecule has 0 N–H and O–H groups in total. The minimum Gasteiger partial charge on any atom is -0.382 e. The van der Waals surface area contributed by atoms with Crippen molar-refractivity contribution in [2.75, 3.05) is 65.3 Å². The van der Waals surface area contributed by atoms with Gasteiger partial charge < -0.3 is 9.47 Å². The van der Waals surface area contributed by atoms with Gasteiger partial charge in [-0.05, 0) is 0 Å². The number of hydrogen-bond donors (Lipinski definition) is 0. The van der Waals surface area contributed by atoms with E-state index in [1.807, 2.05) is 7.11 Å². The molecule has 2 saturated heterocycles. The molecule has 4 aliphatic rings. The van der Waals surface area contributed by atoms with Gasteiger partial charge in [0.15, 0.2) is 0 Å². The van der Waals surface area contributed by atoms with E-state index in [1.165, 1.54) is 73.4 Å². The smallest absolute Gasteiger partial charge is 0.382 e. The fraction of sp³-hybridized carbons (Fsp3) is 0.692. The van der Waals surface area contributed by atoms with Crippen molar-refractivity contribution in [1.29, 1.82) is 0 Å². The van der Waals surface area contributed by atoms with Crippen LogP contribution < -0.4 is 10.4 Å². The molecule has 0 unspecified atom stereocenters. The molecule has 2 heterocycles. The first-order chi connectivity index (χ1) is 30.1. The Bertz CT molecular complexity index is 1640. The molecule has 0 saturated carbocycles. The molecule has 10 heteroatoms. The maximum absolute atomic E-state index is 7.68. The van der Waals surface area contributed by atoms with Crippen LogP contribution in [0.3, 0.4) is 0 Å². The van der Waals surface area contributed by atoms with Crippen LogP contribution in [0.1, 0.15) is 106 Å². The quantitative estimate of drug-likeness (QED) is 0.0361. The van der Waals surface area contributed by atoms with E-state index in [0.717, 1.165) is 30.3 Å². The maximum atomic E-state index is 7.68. The third kappa shape index (κ3) is 10.9. The van der Waals surface area contributed by atoms with Crippen molar-refractivity contribution >= 4 is 37.1 Å². The molecular weight excluding hydrogens is 899 g/mol. The van der Waals surface area contributed by atoms with Gasteiger partial charge in [-0.15, -0.1) is 0 Å². The molecule has 6 atom stereocenters. The Morgan fingerprint density at radius 3 is 1.98 bits per heavy atom. The van der Waals surface area contributed by atoms with Crippen LogP contribution in [0.2, 0.25) is 18.3 Å². The Morgan fingerprint density at radius 2 is 1.40 bits per heavy atom. The Balaban J connectivity index is 1.36. The summed E-state index contributed by atoms with van der Waals surface area (Å²) in [7, 11) is 0.701. The van der Waals surface area contributed by atoms with Crippen LogP contribution in [0.5, 0.6) is 0 Å². The number of rotatable bonds is 28. The van der Waals surface area contributed by atoms with Crippen molar-refractivity contribution in [2.45, 2.75) is 136 Å². The van der Waals surface area contributed by atoms with Gasteiger partial charge in [0.1, 0.15) is 0 Å². The van der Waals surface area contributed by atoms with Crippen LogP contribution in [-0.4, -0.2) is 104 Å². The van der Waals surface area contributed by atoms with Gasteiger partial charge in [-0.25, -0.2) is 0 Å². The molecule has 0 amide bonds. The first-order valence-electron chi connectivity index (χ1n) is 24.3. The number of benzene rings is 2. The van der Waals surface area contributed by atoms with E-state index in [4.69, 9.17) is 37.6 Å². The predicted molar refractivity (Wildman–Crippen MR) is 256 cm³/mol. The molecule has 2 aliphatic heterocycles. The normalized spacial score (nSPS) is 26.0. The topological polar surface area (TPSA) is 73.8 Å². The molecule has 346 valence electrons. The Labute approximate surface area is 381 Å². The SMILES string of the molecule is CCC[CH2][Sn]([CH2]CCC)([CH2]CCC)[CH2]OCC1=C[C@H]2[C@@H]3CCO[C@]24O[C@@H](OC)[C@](CCO[Si](c2ccccc2)(c2ccccc2)C(C)(C)C)(C1)C4=C[C@@H]3CCOCOCCOC. The van der Waals surface area contributed by atoms with Gasteiger partial charge in [0.2, 0.25) is 0 Å². The van der Waals surface area contributed by atoms with Crippen molar-refractivity contribution in [3.8, 4) is 0 Å². The van der Waals surface area contributed by atoms with Crippen molar-refractivity contribution in [1.82, 2.24) is 0 Å². The monoisotopic (exact) mass is 982 g/mol. The van der Waals surface area contributed by atoms with E-state index in [2.05, 4.69) is 114 Å². The number of ether oxygens (including phenoxy) is 7. The van der Waals surface area contributed by atoms with E-state index < -0.39 is 44.2 Å². The molecule has 6 rings (SSSR count). The fourth-order valence-corrected chi connectivity index (χ4v) is 30.6. The van der Waals surface area contributed by atoms with E-state index in [9.17, 15) is 0 Å². The standard InChI is InChI=1S/C40H55O8Si.3C4H9.Sn/c1-38(2,3)49(32-13-9-7-10-14-32,33-15-11-8-12-16-33)47-22-19-39-27-30(28-42-5)25-35-34-18-21-46-40(35,48-37(39)43-6)36(39)26-31(34)17-20-44-29-45-24-23-41-4;3*1-3-4-2;/h7-16,25-26,31,34-35,37H,5,17-24,27-29H2,1-4,6H3;3*1,3-4H2,2H3;/t31-,34+,35-,37+,39+,40-;;;;/m0..../s1. The van der Waals surface area contributed by atoms with Crippen LogP contribution in [0.25, 0.3) is 0 Å². The fourth-order valence-electron chi connectivity index (χ4n) is 11.7. The molecule has 2 fully saturated rings. The molecule has 62 heavy (non-hydrogen) atoms. The third-order valence-electron chi connectivity index (χ3n) is 14.8. The van der Waals surface area contributed by atoms with Crippen molar-refractivity contribution in [3.05, 3.63) is 84.0 Å². The van der Waals surface area contributed by atoms with Crippen molar-refractivity contribution in [2.24, 2.45) is 23.2 Å². The summed E-state index contributed by atoms with van der Waals surface area (Å²) in [5.41, 5.74) is 2.12. The Hall–Kier alpha value is -1.38. The predicted octanol–water partition coefficient (Wildman–Crippen LogP) is 10.6. The first-order valence-corrected chi connectivity index (χ1v) is 34.3. The van der Waals surface area contributed by atoms with Crippen molar-refractivity contribution in [3.63, 3.8) is 0 Å². The zero-order chi connectivity index (χ0) is 44.1. The van der Waals surface area contributed by atoms with E-state index >= 15 is 0 Å². The van der Waals surface area contributed by atoms with Gasteiger partial charge >= 0.3 is 317 Å². The summed E-state index contributed by atoms with van der Waals surface area (Å²) >= 11 is -2.55. The second-order valence-electron chi connectivity index (χ2n) is 19.9.